The van der Waals surface area contributed by atoms with Crippen LogP contribution in [0.4, 0.5) is 0 Å². The number of allylic oxidation sites excluding steroid dienone is 10. The zero-order valence-electron chi connectivity index (χ0n) is 43.0. The van der Waals surface area contributed by atoms with Gasteiger partial charge in [0.25, 0.3) is 0 Å². The van der Waals surface area contributed by atoms with Gasteiger partial charge in [-0.15, -0.1) is 0 Å². The molecule has 0 heterocycles. The third-order valence-electron chi connectivity index (χ3n) is 12.0. The summed E-state index contributed by atoms with van der Waals surface area (Å²) in [6, 6.07) is 0. The van der Waals surface area contributed by atoms with Gasteiger partial charge in [0, 0.05) is 19.3 Å². The van der Waals surface area contributed by atoms with Gasteiger partial charge in [-0.05, 0) is 103 Å². The second-order valence-corrected chi connectivity index (χ2v) is 18.5. The molecule has 0 rings (SSSR count). The zero-order valence-corrected chi connectivity index (χ0v) is 43.0. The van der Waals surface area contributed by atoms with E-state index in [9.17, 15) is 14.4 Å². The van der Waals surface area contributed by atoms with Gasteiger partial charge >= 0.3 is 17.9 Å². The first-order chi connectivity index (χ1) is 32.0. The Morgan fingerprint density at radius 3 is 0.985 bits per heavy atom. The van der Waals surface area contributed by atoms with Crippen molar-refractivity contribution in [3.05, 3.63) is 60.8 Å². The van der Waals surface area contributed by atoms with Crippen LogP contribution in [0.15, 0.2) is 60.8 Å². The van der Waals surface area contributed by atoms with Gasteiger partial charge in [-0.2, -0.15) is 0 Å². The quantitative estimate of drug-likeness (QED) is 0.0199. The molecule has 0 aliphatic carbocycles. The lowest BCUT2D eigenvalue weighted by Crippen LogP contribution is -2.30. The summed E-state index contributed by atoms with van der Waals surface area (Å²) in [5, 5.41) is 0. The molecule has 0 spiro atoms. The Balaban J connectivity index is 4.40. The molecule has 0 fully saturated rings. The minimum atomic E-state index is -0.787. The molecule has 65 heavy (non-hydrogen) atoms. The zero-order chi connectivity index (χ0) is 47.2. The van der Waals surface area contributed by atoms with Crippen molar-refractivity contribution >= 4 is 17.9 Å². The maximum Gasteiger partial charge on any atom is 0.306 e. The Morgan fingerprint density at radius 1 is 0.323 bits per heavy atom. The molecule has 0 amide bonds. The van der Waals surface area contributed by atoms with Crippen molar-refractivity contribution in [3.8, 4) is 0 Å². The number of hydrogen-bond acceptors (Lipinski definition) is 6. The number of unbranched alkanes of at least 4 members (excludes halogenated alkanes) is 30. The Labute approximate surface area is 402 Å². The van der Waals surface area contributed by atoms with Crippen molar-refractivity contribution in [1.29, 1.82) is 0 Å². The van der Waals surface area contributed by atoms with Gasteiger partial charge in [-0.3, -0.25) is 14.4 Å². The van der Waals surface area contributed by atoms with Crippen LogP contribution >= 0.6 is 0 Å². The fraction of sp³-hybridized carbons (Fsp3) is 0.780. The molecule has 0 aliphatic heterocycles. The molecule has 0 bridgehead atoms. The van der Waals surface area contributed by atoms with Gasteiger partial charge in [0.15, 0.2) is 6.10 Å². The van der Waals surface area contributed by atoms with Crippen molar-refractivity contribution < 1.29 is 28.6 Å². The highest BCUT2D eigenvalue weighted by atomic mass is 16.6. The highest BCUT2D eigenvalue weighted by Crippen LogP contribution is 2.14. The number of esters is 3. The van der Waals surface area contributed by atoms with Gasteiger partial charge in [-0.25, -0.2) is 0 Å². The highest BCUT2D eigenvalue weighted by Gasteiger charge is 2.19. The number of hydrogen-bond donors (Lipinski definition) is 0. The van der Waals surface area contributed by atoms with Gasteiger partial charge in [-0.1, -0.05) is 216 Å². The average Bonchev–Trinajstić information content (AvgIpc) is 3.30. The van der Waals surface area contributed by atoms with Crippen LogP contribution in [0.25, 0.3) is 0 Å². The van der Waals surface area contributed by atoms with E-state index >= 15 is 0 Å². The number of ether oxygens (including phenoxy) is 3. The van der Waals surface area contributed by atoms with Crippen LogP contribution < -0.4 is 0 Å². The SMILES string of the molecule is CCCCC/C=C\C/C=C\CCCCCCCCCC(=O)OC(COC(=O)CCCCCCC/C=C\C=C/CCCCCCCCC)COC(=O)CCCCCCC/C=C\CCCCC. The molecule has 0 aliphatic rings. The van der Waals surface area contributed by atoms with Crippen molar-refractivity contribution in [3.63, 3.8) is 0 Å². The van der Waals surface area contributed by atoms with E-state index in [0.29, 0.717) is 19.3 Å². The van der Waals surface area contributed by atoms with Gasteiger partial charge in [0.1, 0.15) is 13.2 Å². The van der Waals surface area contributed by atoms with Crippen LogP contribution in [0.2, 0.25) is 0 Å². The molecule has 6 heteroatoms. The van der Waals surface area contributed by atoms with E-state index in [1.54, 1.807) is 0 Å². The fourth-order valence-electron chi connectivity index (χ4n) is 7.75. The maximum absolute atomic E-state index is 12.8. The van der Waals surface area contributed by atoms with Crippen LogP contribution in [0, 0.1) is 0 Å². The number of rotatable bonds is 50. The van der Waals surface area contributed by atoms with E-state index in [4.69, 9.17) is 14.2 Å². The summed E-state index contributed by atoms with van der Waals surface area (Å²) < 4.78 is 16.8. The van der Waals surface area contributed by atoms with Crippen LogP contribution in [-0.2, 0) is 28.6 Å². The lowest BCUT2D eigenvalue weighted by atomic mass is 10.1. The topological polar surface area (TPSA) is 78.9 Å². The van der Waals surface area contributed by atoms with Gasteiger partial charge < -0.3 is 14.2 Å². The summed E-state index contributed by atoms with van der Waals surface area (Å²) in [6.45, 7) is 6.57. The maximum atomic E-state index is 12.8. The van der Waals surface area contributed by atoms with Crippen molar-refractivity contribution in [2.24, 2.45) is 0 Å². The van der Waals surface area contributed by atoms with E-state index in [0.717, 1.165) is 96.3 Å². The monoisotopic (exact) mass is 909 g/mol. The standard InChI is InChI=1S/C59H104O6/c1-4-7-10-13-16-19-22-25-27-29-31-32-34-37-40-43-46-49-52-58(61)64-55-56(54-63-57(60)51-48-45-42-39-36-24-21-18-15-12-9-6-3)65-59(62)53-50-47-44-41-38-35-33-30-28-26-23-20-17-14-11-8-5-2/h17-18,20-21,26-29,31-32,56H,4-16,19,22-25,30,33-55H2,1-3H3/b20-17-,21-18-,28-26-,29-27-,32-31-. The fourth-order valence-corrected chi connectivity index (χ4v) is 7.75. The average molecular weight is 909 g/mol. The number of carbonyl (C=O) groups excluding carboxylic acids is 3. The lowest BCUT2D eigenvalue weighted by molar-refractivity contribution is -0.167. The van der Waals surface area contributed by atoms with E-state index in [-0.39, 0.29) is 31.1 Å². The van der Waals surface area contributed by atoms with Crippen LogP contribution in [0.5, 0.6) is 0 Å². The second-order valence-electron chi connectivity index (χ2n) is 18.5. The molecule has 6 nitrogen and oxygen atoms in total. The van der Waals surface area contributed by atoms with Crippen LogP contribution in [0.3, 0.4) is 0 Å². The largest absolute Gasteiger partial charge is 0.462 e. The Kier molecular flexibility index (Phi) is 51.3. The Morgan fingerprint density at radius 2 is 0.600 bits per heavy atom. The van der Waals surface area contributed by atoms with Crippen molar-refractivity contribution in [2.75, 3.05) is 13.2 Å². The van der Waals surface area contributed by atoms with E-state index in [1.807, 2.05) is 0 Å². The molecule has 0 saturated carbocycles. The third-order valence-corrected chi connectivity index (χ3v) is 12.0. The normalized spacial score (nSPS) is 12.5. The molecular weight excluding hydrogens is 805 g/mol. The Bertz CT molecular complexity index is 1180. The molecule has 0 aromatic heterocycles. The minimum absolute atomic E-state index is 0.0865. The molecule has 1 unspecified atom stereocenters. The highest BCUT2D eigenvalue weighted by molar-refractivity contribution is 5.71. The predicted octanol–water partition coefficient (Wildman–Crippen LogP) is 18.4. The Hall–Kier alpha value is -2.89. The minimum Gasteiger partial charge on any atom is -0.462 e. The lowest BCUT2D eigenvalue weighted by Gasteiger charge is -2.18. The predicted molar refractivity (Wildman–Crippen MR) is 279 cm³/mol. The molecule has 0 aromatic rings. The van der Waals surface area contributed by atoms with Crippen molar-refractivity contribution in [2.45, 2.75) is 284 Å². The summed E-state index contributed by atoms with van der Waals surface area (Å²) in [5.41, 5.74) is 0. The van der Waals surface area contributed by atoms with Crippen LogP contribution in [-0.4, -0.2) is 37.2 Å². The molecule has 0 radical (unpaired) electrons. The van der Waals surface area contributed by atoms with E-state index < -0.39 is 6.10 Å². The molecule has 0 N–H and O–H groups in total. The summed E-state index contributed by atoms with van der Waals surface area (Å²) >= 11 is 0. The molecule has 0 saturated heterocycles. The molecule has 1 atom stereocenters. The third kappa shape index (κ3) is 51.9. The summed E-state index contributed by atoms with van der Waals surface area (Å²) in [5.74, 6) is -0.911. The molecular formula is C59H104O6. The van der Waals surface area contributed by atoms with Crippen LogP contribution in [0.1, 0.15) is 278 Å². The van der Waals surface area contributed by atoms with E-state index in [2.05, 4.69) is 81.5 Å². The second kappa shape index (κ2) is 53.7. The molecule has 0 aromatic carbocycles. The summed E-state index contributed by atoms with van der Waals surface area (Å²) in [6.07, 6.45) is 66.3. The molecule has 376 valence electrons. The summed E-state index contributed by atoms with van der Waals surface area (Å²) in [7, 11) is 0. The van der Waals surface area contributed by atoms with Gasteiger partial charge in [0.2, 0.25) is 0 Å². The summed E-state index contributed by atoms with van der Waals surface area (Å²) in [4.78, 5) is 38.1. The smallest absolute Gasteiger partial charge is 0.306 e. The number of carbonyl (C=O) groups is 3. The van der Waals surface area contributed by atoms with E-state index in [1.165, 1.54) is 141 Å². The first-order valence-electron chi connectivity index (χ1n) is 27.8. The van der Waals surface area contributed by atoms with Crippen molar-refractivity contribution in [1.82, 2.24) is 0 Å². The first kappa shape index (κ1) is 62.1. The van der Waals surface area contributed by atoms with Gasteiger partial charge in [0.05, 0.1) is 0 Å². The first-order valence-corrected chi connectivity index (χ1v) is 27.8.